The van der Waals surface area contributed by atoms with Crippen LogP contribution in [0.4, 0.5) is 4.39 Å². The zero-order chi connectivity index (χ0) is 20.8. The molecular formula is C23H17ClFNO2S. The maximum absolute atomic E-state index is 13.7. The molecule has 1 aromatic heterocycles. The second-order valence-corrected chi connectivity index (χ2v) is 9.27. The average Bonchev–Trinajstić information content (AvgIpc) is 2.68. The van der Waals surface area contributed by atoms with Gasteiger partial charge in [-0.15, -0.1) is 0 Å². The van der Waals surface area contributed by atoms with Crippen LogP contribution < -0.4 is 0 Å². The van der Waals surface area contributed by atoms with Gasteiger partial charge in [0, 0.05) is 28.2 Å². The first-order chi connectivity index (χ1) is 13.8. The van der Waals surface area contributed by atoms with Gasteiger partial charge in [0.2, 0.25) is 9.84 Å². The van der Waals surface area contributed by atoms with Gasteiger partial charge in [-0.25, -0.2) is 12.8 Å². The monoisotopic (exact) mass is 425 g/mol. The number of pyridine rings is 1. The van der Waals surface area contributed by atoms with E-state index in [2.05, 4.69) is 4.98 Å². The Balaban J connectivity index is 2.08. The first-order valence-corrected chi connectivity index (χ1v) is 10.8. The molecule has 0 unspecified atom stereocenters. The van der Waals surface area contributed by atoms with E-state index in [1.165, 1.54) is 18.3 Å². The van der Waals surface area contributed by atoms with Crippen LogP contribution in [0.1, 0.15) is 11.1 Å². The molecule has 0 saturated heterocycles. The summed E-state index contributed by atoms with van der Waals surface area (Å²) in [5.74, 6) is -0.438. The Bertz CT molecular complexity index is 1370. The second-order valence-electron chi connectivity index (χ2n) is 6.92. The lowest BCUT2D eigenvalue weighted by atomic mass is 10.0. The molecule has 0 aliphatic carbocycles. The van der Waals surface area contributed by atoms with E-state index in [-0.39, 0.29) is 9.79 Å². The predicted octanol–water partition coefficient (Wildman–Crippen LogP) is 6.14. The molecule has 0 aliphatic rings. The number of fused-ring (bicyclic) bond motifs is 1. The van der Waals surface area contributed by atoms with Crippen LogP contribution in [-0.4, -0.2) is 13.4 Å². The number of hydrogen-bond acceptors (Lipinski definition) is 3. The third-order valence-electron chi connectivity index (χ3n) is 4.99. The lowest BCUT2D eigenvalue weighted by molar-refractivity contribution is 0.596. The molecule has 0 N–H and O–H groups in total. The summed E-state index contributed by atoms with van der Waals surface area (Å²) in [6.07, 6.45) is 1.29. The Hall–Kier alpha value is -2.76. The van der Waals surface area contributed by atoms with E-state index in [1.54, 1.807) is 48.5 Å². The van der Waals surface area contributed by atoms with Crippen molar-refractivity contribution in [2.24, 2.45) is 0 Å². The van der Waals surface area contributed by atoms with Crippen molar-refractivity contribution in [3.05, 3.63) is 88.8 Å². The lowest BCUT2D eigenvalue weighted by Gasteiger charge is -2.15. The fourth-order valence-corrected chi connectivity index (χ4v) is 5.01. The number of halogens is 2. The van der Waals surface area contributed by atoms with Gasteiger partial charge in [0.1, 0.15) is 5.82 Å². The van der Waals surface area contributed by atoms with Gasteiger partial charge in [-0.3, -0.25) is 4.98 Å². The molecule has 1 heterocycles. The van der Waals surface area contributed by atoms with Gasteiger partial charge in [0.15, 0.2) is 0 Å². The number of aromatic nitrogens is 1. The minimum absolute atomic E-state index is 0.0575. The molecular weight excluding hydrogens is 409 g/mol. The van der Waals surface area contributed by atoms with E-state index in [9.17, 15) is 12.8 Å². The van der Waals surface area contributed by atoms with Crippen molar-refractivity contribution in [3.63, 3.8) is 0 Å². The average molecular weight is 426 g/mol. The Morgan fingerprint density at radius 1 is 0.931 bits per heavy atom. The van der Waals surface area contributed by atoms with Gasteiger partial charge in [0.05, 0.1) is 15.3 Å². The van der Waals surface area contributed by atoms with Gasteiger partial charge < -0.3 is 0 Å². The highest BCUT2D eigenvalue weighted by molar-refractivity contribution is 7.91. The first kappa shape index (κ1) is 19.6. The highest BCUT2D eigenvalue weighted by Crippen LogP contribution is 2.37. The molecule has 29 heavy (non-hydrogen) atoms. The topological polar surface area (TPSA) is 47.0 Å². The molecule has 0 fully saturated rings. The zero-order valence-corrected chi connectivity index (χ0v) is 17.4. The number of rotatable bonds is 3. The van der Waals surface area contributed by atoms with Gasteiger partial charge in [0.25, 0.3) is 0 Å². The van der Waals surface area contributed by atoms with E-state index in [0.717, 1.165) is 11.1 Å². The van der Waals surface area contributed by atoms with Gasteiger partial charge in [-0.2, -0.15) is 0 Å². The third-order valence-corrected chi connectivity index (χ3v) is 6.99. The van der Waals surface area contributed by atoms with Gasteiger partial charge >= 0.3 is 0 Å². The molecule has 0 bridgehead atoms. The van der Waals surface area contributed by atoms with E-state index < -0.39 is 15.7 Å². The number of nitrogens with zero attached hydrogens (tertiary/aromatic N) is 1. The molecule has 146 valence electrons. The van der Waals surface area contributed by atoms with Crippen LogP contribution in [0.2, 0.25) is 5.02 Å². The number of hydrogen-bond donors (Lipinski definition) is 0. The summed E-state index contributed by atoms with van der Waals surface area (Å²) in [4.78, 5) is 4.47. The molecule has 3 aromatic carbocycles. The molecule has 4 aromatic rings. The predicted molar refractivity (Wildman–Crippen MR) is 114 cm³/mol. The summed E-state index contributed by atoms with van der Waals surface area (Å²) in [5, 5.41) is 1.02. The van der Waals surface area contributed by atoms with Crippen molar-refractivity contribution >= 4 is 32.3 Å². The minimum atomic E-state index is -3.87. The largest absolute Gasteiger partial charge is 0.255 e. The molecule has 4 rings (SSSR count). The van der Waals surface area contributed by atoms with Gasteiger partial charge in [-0.1, -0.05) is 29.8 Å². The van der Waals surface area contributed by atoms with E-state index in [4.69, 9.17) is 11.6 Å². The van der Waals surface area contributed by atoms with Crippen LogP contribution in [0.15, 0.2) is 76.7 Å². The fourth-order valence-electron chi connectivity index (χ4n) is 3.30. The molecule has 6 heteroatoms. The minimum Gasteiger partial charge on any atom is -0.255 e. The molecule has 3 nitrogen and oxygen atoms in total. The lowest BCUT2D eigenvalue weighted by Crippen LogP contribution is -2.06. The van der Waals surface area contributed by atoms with Crippen molar-refractivity contribution in [1.29, 1.82) is 0 Å². The van der Waals surface area contributed by atoms with Crippen LogP contribution >= 0.6 is 11.6 Å². The van der Waals surface area contributed by atoms with Crippen molar-refractivity contribution in [3.8, 4) is 11.1 Å². The first-order valence-electron chi connectivity index (χ1n) is 8.94. The molecule has 0 atom stereocenters. The highest BCUT2D eigenvalue weighted by Gasteiger charge is 2.25. The zero-order valence-electron chi connectivity index (χ0n) is 15.8. The smallest absolute Gasteiger partial charge is 0.208 e. The molecule has 0 saturated carbocycles. The molecule has 0 aliphatic heterocycles. The van der Waals surface area contributed by atoms with Crippen LogP contribution in [0, 0.1) is 19.7 Å². The van der Waals surface area contributed by atoms with Crippen LogP contribution in [0.5, 0.6) is 0 Å². The van der Waals surface area contributed by atoms with Crippen molar-refractivity contribution in [1.82, 2.24) is 4.98 Å². The van der Waals surface area contributed by atoms with E-state index >= 15 is 0 Å². The van der Waals surface area contributed by atoms with E-state index in [1.807, 2.05) is 13.8 Å². The Kier molecular flexibility index (Phi) is 4.89. The van der Waals surface area contributed by atoms with Crippen molar-refractivity contribution < 1.29 is 12.8 Å². The normalized spacial score (nSPS) is 11.7. The summed E-state index contributed by atoms with van der Waals surface area (Å²) in [6, 6.07) is 16.1. The third kappa shape index (κ3) is 3.52. The SMILES string of the molecule is Cc1ccc(S(=O)(=O)c2cnc3cc(F)ccc3c2-c2cccc(Cl)c2)cc1C. The second kappa shape index (κ2) is 7.25. The maximum Gasteiger partial charge on any atom is 0.208 e. The summed E-state index contributed by atoms with van der Waals surface area (Å²) >= 11 is 6.17. The number of aryl methyl sites for hydroxylation is 2. The summed E-state index contributed by atoms with van der Waals surface area (Å²) < 4.78 is 40.8. The quantitative estimate of drug-likeness (QED) is 0.396. The van der Waals surface area contributed by atoms with E-state index in [0.29, 0.717) is 27.1 Å². The Morgan fingerprint density at radius 2 is 1.72 bits per heavy atom. The maximum atomic E-state index is 13.7. The summed E-state index contributed by atoms with van der Waals surface area (Å²) in [6.45, 7) is 3.79. The Labute approximate surface area is 173 Å². The summed E-state index contributed by atoms with van der Waals surface area (Å²) in [5.41, 5.74) is 3.34. The van der Waals surface area contributed by atoms with Gasteiger partial charge in [-0.05, 0) is 66.9 Å². The molecule has 0 radical (unpaired) electrons. The molecule has 0 amide bonds. The standard InChI is InChI=1S/C23H17ClFNO2S/c1-14-6-8-19(10-15(14)2)29(27,28)22-13-26-21-12-18(25)7-9-20(21)23(22)16-4-3-5-17(24)11-16/h3-13H,1-2H3. The number of benzene rings is 3. The molecule has 0 spiro atoms. The Morgan fingerprint density at radius 3 is 2.45 bits per heavy atom. The van der Waals surface area contributed by atoms with Crippen LogP contribution in [-0.2, 0) is 9.84 Å². The van der Waals surface area contributed by atoms with Crippen LogP contribution in [0.25, 0.3) is 22.0 Å². The van der Waals surface area contributed by atoms with Crippen molar-refractivity contribution in [2.45, 2.75) is 23.6 Å². The van der Waals surface area contributed by atoms with Crippen LogP contribution in [0.3, 0.4) is 0 Å². The number of sulfone groups is 1. The highest BCUT2D eigenvalue weighted by atomic mass is 35.5. The fraction of sp³-hybridized carbons (Fsp3) is 0.0870. The van der Waals surface area contributed by atoms with Crippen molar-refractivity contribution in [2.75, 3.05) is 0 Å². The summed E-state index contributed by atoms with van der Waals surface area (Å²) in [7, 11) is -3.87.